The van der Waals surface area contributed by atoms with Crippen LogP contribution in [0.3, 0.4) is 0 Å². The molecule has 38 heavy (non-hydrogen) atoms. The van der Waals surface area contributed by atoms with Crippen LogP contribution in [-0.2, 0) is 11.3 Å². The quantitative estimate of drug-likeness (QED) is 0.566. The van der Waals surface area contributed by atoms with Crippen LogP contribution in [0.2, 0.25) is 0 Å². The van der Waals surface area contributed by atoms with Crippen LogP contribution in [-0.4, -0.2) is 64.1 Å². The van der Waals surface area contributed by atoms with Crippen molar-refractivity contribution < 1.29 is 14.7 Å². The van der Waals surface area contributed by atoms with Crippen LogP contribution in [0.5, 0.6) is 0 Å². The van der Waals surface area contributed by atoms with E-state index in [9.17, 15) is 19.5 Å². The molecule has 210 valence electrons. The van der Waals surface area contributed by atoms with E-state index >= 15 is 0 Å². The van der Waals surface area contributed by atoms with Crippen molar-refractivity contribution in [1.82, 2.24) is 14.4 Å². The molecule has 7 nitrogen and oxygen atoms in total. The maximum Gasteiger partial charge on any atom is 0.255 e. The predicted octanol–water partition coefficient (Wildman–Crippen LogP) is 4.56. The van der Waals surface area contributed by atoms with Gasteiger partial charge in [0.05, 0.1) is 17.7 Å². The molecule has 2 amide bonds. The first-order valence-corrected chi connectivity index (χ1v) is 15.1. The summed E-state index contributed by atoms with van der Waals surface area (Å²) in [5.74, 6) is 1.09. The van der Waals surface area contributed by atoms with Crippen LogP contribution in [0, 0.1) is 17.3 Å². The lowest BCUT2D eigenvalue weighted by Gasteiger charge is -2.53. The van der Waals surface area contributed by atoms with E-state index in [4.69, 9.17) is 0 Å². The fourth-order valence-electron chi connectivity index (χ4n) is 7.77. The molecule has 4 aliphatic rings. The molecule has 0 aromatic carbocycles. The second-order valence-corrected chi connectivity index (χ2v) is 13.3. The summed E-state index contributed by atoms with van der Waals surface area (Å²) >= 11 is 0. The lowest BCUT2D eigenvalue weighted by Crippen LogP contribution is -2.62. The summed E-state index contributed by atoms with van der Waals surface area (Å²) in [5.41, 5.74) is -0.226. The van der Waals surface area contributed by atoms with Crippen molar-refractivity contribution >= 4 is 11.8 Å². The number of amides is 2. The van der Waals surface area contributed by atoms with Crippen LogP contribution in [0.25, 0.3) is 0 Å². The van der Waals surface area contributed by atoms with Gasteiger partial charge >= 0.3 is 0 Å². The Morgan fingerprint density at radius 1 is 1.05 bits per heavy atom. The summed E-state index contributed by atoms with van der Waals surface area (Å²) in [5, 5.41) is 12.2. The minimum absolute atomic E-state index is 0.0138. The highest BCUT2D eigenvalue weighted by Crippen LogP contribution is 2.52. The summed E-state index contributed by atoms with van der Waals surface area (Å²) in [6.07, 6.45) is 15.3. The van der Waals surface area contributed by atoms with Gasteiger partial charge in [0.1, 0.15) is 0 Å². The zero-order chi connectivity index (χ0) is 27.1. The first-order valence-electron chi connectivity index (χ1n) is 15.1. The topological polar surface area (TPSA) is 82.8 Å². The molecule has 5 rings (SSSR count). The van der Waals surface area contributed by atoms with Gasteiger partial charge < -0.3 is 19.5 Å². The number of rotatable bonds is 7. The number of aliphatic hydroxyl groups is 1. The molecule has 1 aliphatic heterocycles. The van der Waals surface area contributed by atoms with Gasteiger partial charge in [-0.2, -0.15) is 0 Å². The van der Waals surface area contributed by atoms with Gasteiger partial charge in [0.25, 0.3) is 11.5 Å². The average molecular weight is 526 g/mol. The molecule has 3 saturated carbocycles. The molecule has 2 atom stereocenters. The summed E-state index contributed by atoms with van der Waals surface area (Å²) in [7, 11) is 3.47. The second kappa shape index (κ2) is 10.8. The van der Waals surface area contributed by atoms with Crippen molar-refractivity contribution in [3.05, 3.63) is 33.7 Å². The Morgan fingerprint density at radius 3 is 2.37 bits per heavy atom. The van der Waals surface area contributed by atoms with Crippen LogP contribution in [0.1, 0.15) is 112 Å². The monoisotopic (exact) mass is 525 g/mol. The summed E-state index contributed by atoms with van der Waals surface area (Å²) in [6, 6.07) is 1.63. The third kappa shape index (κ3) is 5.32. The van der Waals surface area contributed by atoms with Crippen molar-refractivity contribution in [1.29, 1.82) is 0 Å². The molecule has 3 aliphatic carbocycles. The largest absolute Gasteiger partial charge is 0.387 e. The van der Waals surface area contributed by atoms with E-state index in [1.807, 2.05) is 4.90 Å². The number of aromatic nitrogens is 1. The van der Waals surface area contributed by atoms with E-state index in [1.54, 1.807) is 35.8 Å². The molecular weight excluding hydrogens is 478 g/mol. The van der Waals surface area contributed by atoms with Gasteiger partial charge in [0.2, 0.25) is 5.91 Å². The van der Waals surface area contributed by atoms with Crippen molar-refractivity contribution in [2.24, 2.45) is 17.3 Å². The molecule has 7 heteroatoms. The van der Waals surface area contributed by atoms with Gasteiger partial charge in [0, 0.05) is 50.8 Å². The minimum atomic E-state index is -1.09. The van der Waals surface area contributed by atoms with E-state index in [2.05, 4.69) is 6.92 Å². The fourth-order valence-corrected chi connectivity index (χ4v) is 7.77. The smallest absolute Gasteiger partial charge is 0.255 e. The molecule has 1 spiro atoms. The Kier molecular flexibility index (Phi) is 7.78. The molecule has 0 radical (unpaired) electrons. The molecule has 1 N–H and O–H groups in total. The van der Waals surface area contributed by atoms with Crippen LogP contribution < -0.4 is 5.56 Å². The molecule has 1 aromatic rings. The van der Waals surface area contributed by atoms with E-state index < -0.39 is 11.0 Å². The predicted molar refractivity (Wildman–Crippen MR) is 148 cm³/mol. The Balaban J connectivity index is 1.36. The molecule has 0 bridgehead atoms. The number of pyridine rings is 1. The zero-order valence-electron chi connectivity index (χ0n) is 23.7. The molecular formula is C31H47N3O4. The third-order valence-corrected chi connectivity index (χ3v) is 10.2. The number of likely N-dealkylation sites (tertiary alicyclic amines) is 1. The number of hydrogen-bond donors (Lipinski definition) is 1. The first-order chi connectivity index (χ1) is 18.1. The fraction of sp³-hybridized carbons (Fsp3) is 0.774. The van der Waals surface area contributed by atoms with Gasteiger partial charge in [-0.05, 0) is 55.9 Å². The number of nitrogens with zero attached hydrogens (tertiary/aromatic N) is 3. The van der Waals surface area contributed by atoms with E-state index in [0.717, 1.165) is 50.5 Å². The molecule has 1 saturated heterocycles. The van der Waals surface area contributed by atoms with Crippen molar-refractivity contribution in [3.8, 4) is 0 Å². The minimum Gasteiger partial charge on any atom is -0.387 e. The Labute approximate surface area is 227 Å². The number of hydrogen-bond acceptors (Lipinski definition) is 4. The summed E-state index contributed by atoms with van der Waals surface area (Å²) in [4.78, 5) is 43.4. The zero-order valence-corrected chi connectivity index (χ0v) is 23.7. The average Bonchev–Trinajstić information content (AvgIpc) is 3.64. The maximum absolute atomic E-state index is 13.6. The lowest BCUT2D eigenvalue weighted by molar-refractivity contribution is -0.163. The highest BCUT2D eigenvalue weighted by atomic mass is 16.3. The van der Waals surface area contributed by atoms with Gasteiger partial charge in [-0.1, -0.05) is 51.9 Å². The molecule has 1 aromatic heterocycles. The summed E-state index contributed by atoms with van der Waals surface area (Å²) in [6.45, 7) is 3.34. The standard InChI is InChI=1S/C31H47N3O4/c1-22(17-23-9-5-4-6-10-23)28(36)33-16-15-31(38,30(20-33)13-7-8-14-30)21-34-19-26(29(37)32(2)3)25(18-27(34)35)24-11-12-24/h18-19,22-24,38H,4-17,20-21H2,1-3H3/t22?,31-/m0/s1. The number of carbonyl (C=O) groups excluding carboxylic acids is 2. The first kappa shape index (κ1) is 27.4. The van der Waals surface area contributed by atoms with Crippen molar-refractivity contribution in [3.63, 3.8) is 0 Å². The van der Waals surface area contributed by atoms with Crippen LogP contribution >= 0.6 is 0 Å². The Morgan fingerprint density at radius 2 is 1.74 bits per heavy atom. The van der Waals surface area contributed by atoms with Crippen LogP contribution in [0.15, 0.2) is 17.1 Å². The number of piperidine rings is 1. The highest BCUT2D eigenvalue weighted by molar-refractivity contribution is 5.95. The second-order valence-electron chi connectivity index (χ2n) is 13.3. The summed E-state index contributed by atoms with van der Waals surface area (Å²) < 4.78 is 1.58. The lowest BCUT2D eigenvalue weighted by atomic mass is 9.65. The molecule has 1 unspecified atom stereocenters. The SMILES string of the molecule is CC(CC1CCCCC1)C(=O)N1CC[C@](O)(Cn2cc(C(=O)N(C)C)c(C3CC3)cc2=O)C2(CCCC2)C1. The van der Waals surface area contributed by atoms with Crippen molar-refractivity contribution in [2.45, 2.75) is 108 Å². The van der Waals surface area contributed by atoms with Gasteiger partial charge in [-0.15, -0.1) is 0 Å². The third-order valence-electron chi connectivity index (χ3n) is 10.2. The normalized spacial score (nSPS) is 26.5. The van der Waals surface area contributed by atoms with Gasteiger partial charge in [-0.25, -0.2) is 0 Å². The number of carbonyl (C=O) groups is 2. The van der Waals surface area contributed by atoms with Crippen molar-refractivity contribution in [2.75, 3.05) is 27.2 Å². The van der Waals surface area contributed by atoms with Gasteiger partial charge in [0.15, 0.2) is 0 Å². The van der Waals surface area contributed by atoms with E-state index in [-0.39, 0.29) is 35.8 Å². The van der Waals surface area contributed by atoms with E-state index in [0.29, 0.717) is 31.0 Å². The molecule has 4 fully saturated rings. The maximum atomic E-state index is 13.6. The van der Waals surface area contributed by atoms with Crippen LogP contribution in [0.4, 0.5) is 0 Å². The van der Waals surface area contributed by atoms with Gasteiger partial charge in [-0.3, -0.25) is 14.4 Å². The highest BCUT2D eigenvalue weighted by Gasteiger charge is 2.56. The molecule has 2 heterocycles. The Bertz CT molecular complexity index is 1090. The Hall–Kier alpha value is -2.15. The van der Waals surface area contributed by atoms with E-state index in [1.165, 1.54) is 32.1 Å².